The molecule has 2 rings (SSSR count). The first kappa shape index (κ1) is 16.6. The van der Waals surface area contributed by atoms with Crippen molar-refractivity contribution in [2.75, 3.05) is 0 Å². The molecule has 1 heterocycles. The van der Waals surface area contributed by atoms with Gasteiger partial charge in [0.25, 0.3) is 0 Å². The summed E-state index contributed by atoms with van der Waals surface area (Å²) in [5.41, 5.74) is 1.10. The summed E-state index contributed by atoms with van der Waals surface area (Å²) in [5, 5.41) is 5.66. The zero-order chi connectivity index (χ0) is 15.5. The molecule has 0 amide bonds. The highest BCUT2D eigenvalue weighted by Gasteiger charge is 2.14. The number of aromatic nitrogens is 1. The van der Waals surface area contributed by atoms with Gasteiger partial charge in [0, 0.05) is 28.2 Å². The minimum Gasteiger partial charge on any atom is -0.308 e. The second kappa shape index (κ2) is 7.01. The maximum absolute atomic E-state index is 6.36. The fraction of sp³-hybridized carbons (Fsp3) is 0.312. The lowest BCUT2D eigenvalue weighted by molar-refractivity contribution is 0.422. The van der Waals surface area contributed by atoms with E-state index in [0.717, 1.165) is 20.5 Å². The van der Waals surface area contributed by atoms with Crippen LogP contribution in [0.25, 0.3) is 0 Å². The van der Waals surface area contributed by atoms with E-state index in [-0.39, 0.29) is 5.54 Å². The molecule has 1 N–H and O–H groups in total. The van der Waals surface area contributed by atoms with E-state index in [4.69, 9.17) is 23.2 Å². The van der Waals surface area contributed by atoms with Crippen LogP contribution in [0.15, 0.2) is 46.5 Å². The Hall–Kier alpha value is -0.740. The van der Waals surface area contributed by atoms with Gasteiger partial charge in [-0.05, 0) is 50.6 Å². The highest BCUT2D eigenvalue weighted by Crippen LogP contribution is 2.36. The van der Waals surface area contributed by atoms with E-state index in [1.54, 1.807) is 6.20 Å². The summed E-state index contributed by atoms with van der Waals surface area (Å²) in [6, 6.07) is 9.57. The van der Waals surface area contributed by atoms with Crippen molar-refractivity contribution in [3.8, 4) is 0 Å². The van der Waals surface area contributed by atoms with Gasteiger partial charge in [0.1, 0.15) is 5.03 Å². The van der Waals surface area contributed by atoms with Crippen molar-refractivity contribution in [2.24, 2.45) is 0 Å². The first-order chi connectivity index (χ1) is 9.87. The molecule has 0 saturated carbocycles. The van der Waals surface area contributed by atoms with Gasteiger partial charge in [-0.2, -0.15) is 0 Å². The fourth-order valence-electron chi connectivity index (χ4n) is 1.71. The molecule has 5 heteroatoms. The average molecular weight is 341 g/mol. The largest absolute Gasteiger partial charge is 0.308 e. The van der Waals surface area contributed by atoms with Crippen LogP contribution in [0.5, 0.6) is 0 Å². The summed E-state index contributed by atoms with van der Waals surface area (Å²) in [7, 11) is 0. The number of benzene rings is 1. The van der Waals surface area contributed by atoms with Crippen LogP contribution >= 0.6 is 35.0 Å². The van der Waals surface area contributed by atoms with Crippen LogP contribution in [-0.2, 0) is 6.54 Å². The standard InChI is InChI=1S/C16H18Cl2N2S/c1-16(2,3)20-10-11-12(17)6-4-8-14(11)21-15-13(18)7-5-9-19-15/h4-9,20H,10H2,1-3H3. The van der Waals surface area contributed by atoms with Crippen LogP contribution in [0.4, 0.5) is 0 Å². The normalized spacial score (nSPS) is 11.7. The van der Waals surface area contributed by atoms with E-state index in [9.17, 15) is 0 Å². The van der Waals surface area contributed by atoms with E-state index >= 15 is 0 Å². The highest BCUT2D eigenvalue weighted by molar-refractivity contribution is 7.99. The number of hydrogen-bond donors (Lipinski definition) is 1. The van der Waals surface area contributed by atoms with Gasteiger partial charge >= 0.3 is 0 Å². The van der Waals surface area contributed by atoms with Crippen LogP contribution in [0.2, 0.25) is 10.0 Å². The van der Waals surface area contributed by atoms with E-state index in [2.05, 4.69) is 31.1 Å². The van der Waals surface area contributed by atoms with E-state index in [1.807, 2.05) is 30.3 Å². The third-order valence-electron chi connectivity index (χ3n) is 2.80. The maximum Gasteiger partial charge on any atom is 0.119 e. The second-order valence-corrected chi connectivity index (χ2v) is 7.56. The summed E-state index contributed by atoms with van der Waals surface area (Å²) in [5.74, 6) is 0. The number of hydrogen-bond acceptors (Lipinski definition) is 3. The number of halogens is 2. The van der Waals surface area contributed by atoms with Crippen molar-refractivity contribution in [1.29, 1.82) is 0 Å². The van der Waals surface area contributed by atoms with Gasteiger partial charge in [-0.1, -0.05) is 41.0 Å². The first-order valence-electron chi connectivity index (χ1n) is 6.67. The SMILES string of the molecule is CC(C)(C)NCc1c(Cl)cccc1Sc1ncccc1Cl. The van der Waals surface area contributed by atoms with Gasteiger partial charge in [-0.15, -0.1) is 0 Å². The van der Waals surface area contributed by atoms with Crippen LogP contribution in [0.1, 0.15) is 26.3 Å². The molecule has 0 aliphatic heterocycles. The third-order valence-corrected chi connectivity index (χ3v) is 4.69. The molecular formula is C16H18Cl2N2S. The molecule has 2 nitrogen and oxygen atoms in total. The molecule has 112 valence electrons. The lowest BCUT2D eigenvalue weighted by Gasteiger charge is -2.22. The van der Waals surface area contributed by atoms with Gasteiger partial charge in [0.05, 0.1) is 5.02 Å². The molecule has 0 aliphatic carbocycles. The first-order valence-corrected chi connectivity index (χ1v) is 8.25. The van der Waals surface area contributed by atoms with Gasteiger partial charge in [-0.3, -0.25) is 0 Å². The van der Waals surface area contributed by atoms with Crippen molar-refractivity contribution in [3.05, 3.63) is 52.1 Å². The Morgan fingerprint density at radius 2 is 1.81 bits per heavy atom. The molecule has 2 aromatic rings. The average Bonchev–Trinajstić information content (AvgIpc) is 2.39. The predicted octanol–water partition coefficient (Wildman–Crippen LogP) is 5.43. The molecule has 21 heavy (non-hydrogen) atoms. The van der Waals surface area contributed by atoms with Crippen molar-refractivity contribution in [1.82, 2.24) is 10.3 Å². The third kappa shape index (κ3) is 4.89. The van der Waals surface area contributed by atoms with Crippen molar-refractivity contribution < 1.29 is 0 Å². The van der Waals surface area contributed by atoms with Crippen molar-refractivity contribution >= 4 is 35.0 Å². The smallest absolute Gasteiger partial charge is 0.119 e. The van der Waals surface area contributed by atoms with E-state index in [1.165, 1.54) is 11.8 Å². The molecular weight excluding hydrogens is 323 g/mol. The maximum atomic E-state index is 6.36. The Balaban J connectivity index is 2.27. The van der Waals surface area contributed by atoms with Crippen LogP contribution in [0, 0.1) is 0 Å². The molecule has 1 aromatic carbocycles. The summed E-state index contributed by atoms with van der Waals surface area (Å²) >= 11 is 14.1. The molecule has 0 aliphatic rings. The van der Waals surface area contributed by atoms with Crippen LogP contribution < -0.4 is 5.32 Å². The van der Waals surface area contributed by atoms with Gasteiger partial charge in [0.15, 0.2) is 0 Å². The molecule has 0 saturated heterocycles. The molecule has 0 spiro atoms. The van der Waals surface area contributed by atoms with Crippen molar-refractivity contribution in [3.63, 3.8) is 0 Å². The molecule has 0 radical (unpaired) electrons. The van der Waals surface area contributed by atoms with Gasteiger partial charge < -0.3 is 5.32 Å². The molecule has 0 atom stereocenters. The Morgan fingerprint density at radius 1 is 1.10 bits per heavy atom. The van der Waals surface area contributed by atoms with E-state index in [0.29, 0.717) is 11.6 Å². The van der Waals surface area contributed by atoms with Crippen molar-refractivity contribution in [2.45, 2.75) is 42.8 Å². The second-order valence-electron chi connectivity index (χ2n) is 5.71. The van der Waals surface area contributed by atoms with Gasteiger partial charge in [-0.25, -0.2) is 4.98 Å². The lowest BCUT2D eigenvalue weighted by atomic mass is 10.1. The number of nitrogens with one attached hydrogen (secondary N) is 1. The Morgan fingerprint density at radius 3 is 2.48 bits per heavy atom. The molecule has 1 aromatic heterocycles. The number of nitrogens with zero attached hydrogens (tertiary/aromatic N) is 1. The van der Waals surface area contributed by atoms with Crippen LogP contribution in [0.3, 0.4) is 0 Å². The topological polar surface area (TPSA) is 24.9 Å². The lowest BCUT2D eigenvalue weighted by Crippen LogP contribution is -2.35. The summed E-state index contributed by atoms with van der Waals surface area (Å²) in [6.45, 7) is 7.10. The zero-order valence-electron chi connectivity index (χ0n) is 12.3. The molecule has 0 fully saturated rings. The van der Waals surface area contributed by atoms with Gasteiger partial charge in [0.2, 0.25) is 0 Å². The Kier molecular flexibility index (Phi) is 5.55. The zero-order valence-corrected chi connectivity index (χ0v) is 14.6. The molecule has 0 bridgehead atoms. The summed E-state index contributed by atoms with van der Waals surface area (Å²) < 4.78 is 0. The quantitative estimate of drug-likeness (QED) is 0.803. The summed E-state index contributed by atoms with van der Waals surface area (Å²) in [6.07, 6.45) is 1.74. The van der Waals surface area contributed by atoms with Crippen LogP contribution in [-0.4, -0.2) is 10.5 Å². The van der Waals surface area contributed by atoms with E-state index < -0.39 is 0 Å². The Labute approximate surface area is 140 Å². The number of pyridine rings is 1. The highest BCUT2D eigenvalue weighted by atomic mass is 35.5. The predicted molar refractivity (Wildman–Crippen MR) is 91.4 cm³/mol. The number of rotatable bonds is 4. The fourth-order valence-corrected chi connectivity index (χ4v) is 3.18. The minimum absolute atomic E-state index is 0.0315. The molecule has 0 unspecified atom stereocenters. The Bertz CT molecular complexity index is 624. The minimum atomic E-state index is 0.0315. The monoisotopic (exact) mass is 340 g/mol. The summed E-state index contributed by atoms with van der Waals surface area (Å²) in [4.78, 5) is 5.39.